The Labute approximate surface area is 119 Å². The standard InChI is InChI=1S/C15H19ClN2O/c1-15(2)10-14(18-5-7-19-8-6-18)17-13-4-3-11(16)9-12(13)15/h3-4,9H,5-8,10H2,1-2H3. The van der Waals surface area contributed by atoms with Gasteiger partial charge < -0.3 is 9.64 Å². The first kappa shape index (κ1) is 12.9. The molecule has 1 aromatic carbocycles. The summed E-state index contributed by atoms with van der Waals surface area (Å²) in [5, 5.41) is 0.789. The van der Waals surface area contributed by atoms with Crippen LogP contribution in [0.2, 0.25) is 5.02 Å². The van der Waals surface area contributed by atoms with Crippen molar-refractivity contribution in [2.75, 3.05) is 26.3 Å². The number of amidine groups is 1. The third kappa shape index (κ3) is 2.49. The maximum atomic E-state index is 6.11. The van der Waals surface area contributed by atoms with Crippen LogP contribution < -0.4 is 0 Å². The predicted molar refractivity (Wildman–Crippen MR) is 78.6 cm³/mol. The van der Waals surface area contributed by atoms with Crippen molar-refractivity contribution in [3.05, 3.63) is 28.8 Å². The number of hydrogen-bond acceptors (Lipinski definition) is 3. The third-order valence-corrected chi connectivity index (χ3v) is 4.15. The molecule has 0 amide bonds. The Kier molecular flexibility index (Phi) is 3.27. The number of halogens is 1. The molecule has 1 saturated heterocycles. The minimum Gasteiger partial charge on any atom is -0.378 e. The van der Waals surface area contributed by atoms with Crippen LogP contribution in [0.15, 0.2) is 23.2 Å². The van der Waals surface area contributed by atoms with Crippen molar-refractivity contribution in [2.24, 2.45) is 4.99 Å². The van der Waals surface area contributed by atoms with E-state index < -0.39 is 0 Å². The van der Waals surface area contributed by atoms with E-state index in [-0.39, 0.29) is 5.41 Å². The maximum absolute atomic E-state index is 6.11. The van der Waals surface area contributed by atoms with Crippen LogP contribution in [0.4, 0.5) is 5.69 Å². The number of hydrogen-bond donors (Lipinski definition) is 0. The number of morpholine rings is 1. The highest BCUT2D eigenvalue weighted by atomic mass is 35.5. The van der Waals surface area contributed by atoms with E-state index >= 15 is 0 Å². The Hall–Kier alpha value is -1.06. The molecular weight excluding hydrogens is 260 g/mol. The first-order valence-electron chi connectivity index (χ1n) is 6.76. The van der Waals surface area contributed by atoms with Gasteiger partial charge in [-0.25, -0.2) is 4.99 Å². The first-order valence-corrected chi connectivity index (χ1v) is 7.14. The largest absolute Gasteiger partial charge is 0.378 e. The molecule has 0 saturated carbocycles. The average molecular weight is 279 g/mol. The molecule has 1 fully saturated rings. The lowest BCUT2D eigenvalue weighted by molar-refractivity contribution is 0.0665. The van der Waals surface area contributed by atoms with Crippen molar-refractivity contribution < 1.29 is 4.74 Å². The van der Waals surface area contributed by atoms with Crippen molar-refractivity contribution in [3.8, 4) is 0 Å². The number of nitrogens with zero attached hydrogens (tertiary/aromatic N) is 2. The van der Waals surface area contributed by atoms with Crippen molar-refractivity contribution in [1.29, 1.82) is 0 Å². The summed E-state index contributed by atoms with van der Waals surface area (Å²) >= 11 is 6.11. The summed E-state index contributed by atoms with van der Waals surface area (Å²) in [5.74, 6) is 1.18. The van der Waals surface area contributed by atoms with E-state index in [0.717, 1.165) is 43.4 Å². The Morgan fingerprint density at radius 3 is 2.74 bits per heavy atom. The highest BCUT2D eigenvalue weighted by molar-refractivity contribution is 6.30. The van der Waals surface area contributed by atoms with Crippen molar-refractivity contribution in [1.82, 2.24) is 4.90 Å². The molecule has 2 aliphatic rings. The molecule has 2 aliphatic heterocycles. The fourth-order valence-corrected chi connectivity index (χ4v) is 2.99. The molecule has 1 aromatic rings. The molecular formula is C15H19ClN2O. The van der Waals surface area contributed by atoms with Gasteiger partial charge in [-0.3, -0.25) is 0 Å². The maximum Gasteiger partial charge on any atom is 0.106 e. The lowest BCUT2D eigenvalue weighted by Gasteiger charge is -2.38. The molecule has 19 heavy (non-hydrogen) atoms. The zero-order valence-corrected chi connectivity index (χ0v) is 12.2. The van der Waals surface area contributed by atoms with E-state index in [4.69, 9.17) is 21.3 Å². The van der Waals surface area contributed by atoms with Gasteiger partial charge in [-0.2, -0.15) is 0 Å². The van der Waals surface area contributed by atoms with E-state index in [1.807, 2.05) is 12.1 Å². The monoisotopic (exact) mass is 278 g/mol. The smallest absolute Gasteiger partial charge is 0.106 e. The van der Waals surface area contributed by atoms with Crippen LogP contribution in [0.3, 0.4) is 0 Å². The van der Waals surface area contributed by atoms with E-state index in [1.54, 1.807) is 0 Å². The van der Waals surface area contributed by atoms with Gasteiger partial charge in [0.05, 0.1) is 18.9 Å². The molecule has 0 spiro atoms. The molecule has 0 radical (unpaired) electrons. The van der Waals surface area contributed by atoms with Gasteiger partial charge in [-0.1, -0.05) is 25.4 Å². The first-order chi connectivity index (χ1) is 9.06. The summed E-state index contributed by atoms with van der Waals surface area (Å²) in [6.07, 6.45) is 0.959. The van der Waals surface area contributed by atoms with Gasteiger partial charge in [0.1, 0.15) is 5.84 Å². The third-order valence-electron chi connectivity index (χ3n) is 3.91. The number of benzene rings is 1. The second kappa shape index (κ2) is 4.80. The van der Waals surface area contributed by atoms with Crippen LogP contribution in [0.25, 0.3) is 0 Å². The van der Waals surface area contributed by atoms with Crippen molar-refractivity contribution in [2.45, 2.75) is 25.7 Å². The van der Waals surface area contributed by atoms with Crippen molar-refractivity contribution in [3.63, 3.8) is 0 Å². The molecule has 4 heteroatoms. The predicted octanol–water partition coefficient (Wildman–Crippen LogP) is 3.38. The van der Waals surface area contributed by atoms with Crippen LogP contribution in [0.1, 0.15) is 25.8 Å². The van der Waals surface area contributed by atoms with E-state index in [0.29, 0.717) is 0 Å². The average Bonchev–Trinajstić information content (AvgIpc) is 2.40. The minimum absolute atomic E-state index is 0.0790. The number of aliphatic imine (C=N–C) groups is 1. The quantitative estimate of drug-likeness (QED) is 0.727. The molecule has 2 heterocycles. The Balaban J connectivity index is 1.98. The molecule has 102 valence electrons. The van der Waals surface area contributed by atoms with Gasteiger partial charge >= 0.3 is 0 Å². The highest BCUT2D eigenvalue weighted by Crippen LogP contribution is 2.40. The van der Waals surface area contributed by atoms with Gasteiger partial charge in [-0.15, -0.1) is 0 Å². The molecule has 3 nitrogen and oxygen atoms in total. The summed E-state index contributed by atoms with van der Waals surface area (Å²) in [4.78, 5) is 7.18. The van der Waals surface area contributed by atoms with Crippen LogP contribution in [0.5, 0.6) is 0 Å². The zero-order chi connectivity index (χ0) is 13.5. The van der Waals surface area contributed by atoms with Gasteiger partial charge in [-0.05, 0) is 29.2 Å². The highest BCUT2D eigenvalue weighted by Gasteiger charge is 2.32. The van der Waals surface area contributed by atoms with Crippen LogP contribution in [-0.4, -0.2) is 37.0 Å². The van der Waals surface area contributed by atoms with Gasteiger partial charge in [0.25, 0.3) is 0 Å². The normalized spacial score (nSPS) is 21.8. The molecule has 0 N–H and O–H groups in total. The fraction of sp³-hybridized carbons (Fsp3) is 0.533. The Bertz CT molecular complexity index is 519. The van der Waals surface area contributed by atoms with E-state index in [9.17, 15) is 0 Å². The lowest BCUT2D eigenvalue weighted by Crippen LogP contribution is -2.44. The Morgan fingerprint density at radius 1 is 1.26 bits per heavy atom. The van der Waals surface area contributed by atoms with Crippen LogP contribution >= 0.6 is 11.6 Å². The summed E-state index contributed by atoms with van der Waals surface area (Å²) in [6.45, 7) is 8.00. The van der Waals surface area contributed by atoms with Crippen molar-refractivity contribution >= 4 is 23.1 Å². The molecule has 0 aromatic heterocycles. The molecule has 0 bridgehead atoms. The number of fused-ring (bicyclic) bond motifs is 1. The molecule has 0 atom stereocenters. The second-order valence-electron chi connectivity index (χ2n) is 5.85. The molecule has 0 unspecified atom stereocenters. The minimum atomic E-state index is 0.0790. The summed E-state index contributed by atoms with van der Waals surface area (Å²) in [5.41, 5.74) is 2.38. The Morgan fingerprint density at radius 2 is 2.00 bits per heavy atom. The SMILES string of the molecule is CC1(C)CC(N2CCOCC2)=Nc2ccc(Cl)cc21. The molecule has 0 aliphatic carbocycles. The lowest BCUT2D eigenvalue weighted by atomic mass is 9.78. The van der Waals surface area contributed by atoms with Gasteiger partial charge in [0, 0.05) is 24.5 Å². The second-order valence-corrected chi connectivity index (χ2v) is 6.29. The van der Waals surface area contributed by atoms with Crippen LogP contribution in [0, 0.1) is 0 Å². The fourth-order valence-electron chi connectivity index (χ4n) is 2.82. The van der Waals surface area contributed by atoms with Gasteiger partial charge in [0.2, 0.25) is 0 Å². The number of rotatable bonds is 0. The summed E-state index contributed by atoms with van der Waals surface area (Å²) < 4.78 is 5.41. The van der Waals surface area contributed by atoms with Gasteiger partial charge in [0.15, 0.2) is 0 Å². The van der Waals surface area contributed by atoms with E-state index in [2.05, 4.69) is 24.8 Å². The van der Waals surface area contributed by atoms with Crippen LogP contribution in [-0.2, 0) is 10.2 Å². The zero-order valence-electron chi connectivity index (χ0n) is 11.4. The van der Waals surface area contributed by atoms with E-state index in [1.165, 1.54) is 11.4 Å². The number of ether oxygens (including phenoxy) is 1. The topological polar surface area (TPSA) is 24.8 Å². The molecule has 3 rings (SSSR count). The summed E-state index contributed by atoms with van der Waals surface area (Å²) in [7, 11) is 0. The summed E-state index contributed by atoms with van der Waals surface area (Å²) in [6, 6.07) is 6.00.